The molecule has 0 saturated heterocycles. The van der Waals surface area contributed by atoms with Crippen LogP contribution in [0.4, 0.5) is 0 Å². The smallest absolute Gasteiger partial charge is 0.261 e. The maximum Gasteiger partial charge on any atom is 0.261 e. The zero-order valence-corrected chi connectivity index (χ0v) is 12.9. The summed E-state index contributed by atoms with van der Waals surface area (Å²) in [5, 5.41) is 55.4. The van der Waals surface area contributed by atoms with E-state index in [0.29, 0.717) is 0 Å². The lowest BCUT2D eigenvalue weighted by Gasteiger charge is -2.24. The largest absolute Gasteiger partial charge is 0.394 e. The second kappa shape index (κ2) is 6.75. The summed E-state index contributed by atoms with van der Waals surface area (Å²) in [4.78, 5) is 23.5. The van der Waals surface area contributed by atoms with E-state index in [4.69, 9.17) is 5.11 Å². The number of aryl methyl sites for hydroxylation is 1. The van der Waals surface area contributed by atoms with E-state index in [9.17, 15) is 30.0 Å². The third-order valence-corrected chi connectivity index (χ3v) is 3.61. The van der Waals surface area contributed by atoms with E-state index in [2.05, 4.69) is 10.2 Å². The molecule has 5 N–H and O–H groups in total. The first-order valence-electron chi connectivity index (χ1n) is 7.02. The molecule has 0 aliphatic rings. The van der Waals surface area contributed by atoms with Crippen molar-refractivity contribution in [3.8, 4) is 0 Å². The number of carbonyl (C=O) groups excluding carboxylic acids is 1. The minimum atomic E-state index is -1.89. The molecule has 0 aliphatic carbocycles. The normalized spacial score (nSPS) is 16.8. The average Bonchev–Trinajstić information content (AvgIpc) is 2.96. The molecule has 0 saturated carbocycles. The summed E-state index contributed by atoms with van der Waals surface area (Å²) >= 11 is 0. The van der Waals surface area contributed by atoms with Gasteiger partial charge in [-0.25, -0.2) is 4.57 Å². The third kappa shape index (κ3) is 2.95. The van der Waals surface area contributed by atoms with Gasteiger partial charge in [-0.15, -0.1) is 10.2 Å². The highest BCUT2D eigenvalue weighted by Gasteiger charge is 2.34. The molecule has 0 fully saturated rings. The molecule has 0 spiro atoms. The molecule has 11 heteroatoms. The Morgan fingerprint density at radius 1 is 1.21 bits per heavy atom. The molecule has 4 atom stereocenters. The predicted octanol–water partition coefficient (Wildman–Crippen LogP) is -3.03. The fourth-order valence-electron chi connectivity index (χ4n) is 2.34. The van der Waals surface area contributed by atoms with Crippen molar-refractivity contribution in [2.45, 2.75) is 38.3 Å². The maximum atomic E-state index is 11.9. The number of rotatable bonds is 5. The molecular weight excluding hydrogens is 324 g/mol. The Balaban J connectivity index is 2.56. The first-order chi connectivity index (χ1) is 11.2. The van der Waals surface area contributed by atoms with Crippen LogP contribution in [0.25, 0.3) is 5.78 Å². The van der Waals surface area contributed by atoms with E-state index in [1.54, 1.807) is 0 Å². The maximum absolute atomic E-state index is 11.9. The van der Waals surface area contributed by atoms with Gasteiger partial charge < -0.3 is 25.5 Å². The molecule has 0 bridgehead atoms. The quantitative estimate of drug-likeness (QED) is 0.379. The highest BCUT2D eigenvalue weighted by molar-refractivity contribution is 5.79. The molecule has 0 amide bonds. The van der Waals surface area contributed by atoms with E-state index < -0.39 is 42.5 Å². The van der Waals surface area contributed by atoms with Gasteiger partial charge in [0.25, 0.3) is 5.56 Å². The molecule has 2 aromatic heterocycles. The van der Waals surface area contributed by atoms with Crippen molar-refractivity contribution < 1.29 is 30.3 Å². The summed E-state index contributed by atoms with van der Waals surface area (Å²) in [5.74, 6) is -1.02. The molecule has 2 aromatic rings. The highest BCUT2D eigenvalue weighted by atomic mass is 16.4. The van der Waals surface area contributed by atoms with Crippen LogP contribution in [0.15, 0.2) is 10.9 Å². The zero-order chi connectivity index (χ0) is 18.2. The van der Waals surface area contributed by atoms with Crippen LogP contribution in [-0.2, 0) is 0 Å². The Labute approximate surface area is 135 Å². The van der Waals surface area contributed by atoms with E-state index in [0.717, 1.165) is 17.6 Å². The molecule has 0 radical (unpaired) electrons. The van der Waals surface area contributed by atoms with Crippen LogP contribution < -0.4 is 5.56 Å². The lowest BCUT2D eigenvalue weighted by atomic mass is 10.0. The number of nitrogens with zero attached hydrogens (tertiary/aromatic N) is 4. The Hall–Kier alpha value is -2.18. The molecule has 2 heterocycles. The Kier molecular flexibility index (Phi) is 5.11. The highest BCUT2D eigenvalue weighted by Crippen LogP contribution is 2.20. The van der Waals surface area contributed by atoms with Crippen molar-refractivity contribution in [2.24, 2.45) is 0 Å². The van der Waals surface area contributed by atoms with Gasteiger partial charge in [-0.3, -0.25) is 14.0 Å². The first-order valence-corrected chi connectivity index (χ1v) is 7.02. The van der Waals surface area contributed by atoms with Gasteiger partial charge in [0.2, 0.25) is 11.7 Å². The van der Waals surface area contributed by atoms with E-state index in [1.807, 2.05) is 0 Å². The summed E-state index contributed by atoms with van der Waals surface area (Å²) in [6.07, 6.45) is -7.22. The number of carbonyl (C=O) groups is 1. The van der Waals surface area contributed by atoms with Crippen LogP contribution in [0.5, 0.6) is 0 Å². The minimum Gasteiger partial charge on any atom is -0.394 e. The summed E-state index contributed by atoms with van der Waals surface area (Å²) in [6.45, 7) is 1.83. The van der Waals surface area contributed by atoms with Gasteiger partial charge in [0.05, 0.1) is 6.61 Å². The van der Waals surface area contributed by atoms with Crippen LogP contribution in [0.2, 0.25) is 0 Å². The first kappa shape index (κ1) is 18.2. The number of aromatic nitrogens is 4. The molecule has 24 heavy (non-hydrogen) atoms. The van der Waals surface area contributed by atoms with Crippen LogP contribution in [0.3, 0.4) is 0 Å². The third-order valence-electron chi connectivity index (χ3n) is 3.61. The fourth-order valence-corrected chi connectivity index (χ4v) is 2.34. The topological polar surface area (TPSA) is 170 Å². The SMILES string of the molecule is CC(=O)n1c(=O)cc(C)n2c([C@H](O)[C@@H](O)[C@H](O)[C@H](O)CO)nnc12. The fraction of sp³-hybridized carbons (Fsp3) is 0.538. The van der Waals surface area contributed by atoms with Crippen molar-refractivity contribution in [2.75, 3.05) is 6.61 Å². The molecule has 132 valence electrons. The van der Waals surface area contributed by atoms with Crippen molar-refractivity contribution in [3.05, 3.63) is 27.9 Å². The van der Waals surface area contributed by atoms with Gasteiger partial charge in [-0.1, -0.05) is 0 Å². The predicted molar refractivity (Wildman–Crippen MR) is 78.4 cm³/mol. The van der Waals surface area contributed by atoms with Crippen LogP contribution >= 0.6 is 0 Å². The van der Waals surface area contributed by atoms with Gasteiger partial charge in [-0.2, -0.15) is 0 Å². The van der Waals surface area contributed by atoms with E-state index >= 15 is 0 Å². The molecule has 0 unspecified atom stereocenters. The Morgan fingerprint density at radius 3 is 2.38 bits per heavy atom. The van der Waals surface area contributed by atoms with Gasteiger partial charge in [0, 0.05) is 18.7 Å². The van der Waals surface area contributed by atoms with E-state index in [1.165, 1.54) is 11.3 Å². The number of fused-ring (bicyclic) bond motifs is 1. The molecular formula is C13H18N4O7. The standard InChI is InChI=1S/C13H18N4O7/c1-5-3-8(21)17(6(2)19)13-15-14-12(16(5)13)11(24)10(23)9(22)7(20)4-18/h3,7,9-11,18,20,22-24H,4H2,1-2H3/t7-,9-,10+,11-/m1/s1. The number of hydrogen-bond donors (Lipinski definition) is 5. The lowest BCUT2D eigenvalue weighted by Crippen LogP contribution is -2.43. The van der Waals surface area contributed by atoms with Gasteiger partial charge >= 0.3 is 0 Å². The molecule has 0 aromatic carbocycles. The van der Waals surface area contributed by atoms with Crippen LogP contribution in [0.1, 0.15) is 29.3 Å². The zero-order valence-electron chi connectivity index (χ0n) is 12.9. The van der Waals surface area contributed by atoms with E-state index in [-0.39, 0.29) is 17.3 Å². The van der Waals surface area contributed by atoms with Crippen molar-refractivity contribution in [3.63, 3.8) is 0 Å². The Morgan fingerprint density at radius 2 is 1.83 bits per heavy atom. The summed E-state index contributed by atoms with van der Waals surface area (Å²) < 4.78 is 1.91. The lowest BCUT2D eigenvalue weighted by molar-refractivity contribution is -0.118. The summed E-state index contributed by atoms with van der Waals surface area (Å²) in [5.41, 5.74) is -0.340. The average molecular weight is 342 g/mol. The van der Waals surface area contributed by atoms with Gasteiger partial charge in [0.15, 0.2) is 5.82 Å². The summed E-state index contributed by atoms with van der Waals surface area (Å²) in [7, 11) is 0. The number of aliphatic hydroxyl groups is 5. The molecule has 2 rings (SSSR count). The Bertz CT molecular complexity index is 814. The molecule has 11 nitrogen and oxygen atoms in total. The van der Waals surface area contributed by atoms with Crippen molar-refractivity contribution in [1.82, 2.24) is 19.2 Å². The van der Waals surface area contributed by atoms with Crippen LogP contribution in [0, 0.1) is 6.92 Å². The van der Waals surface area contributed by atoms with Crippen molar-refractivity contribution >= 4 is 11.7 Å². The van der Waals surface area contributed by atoms with Crippen LogP contribution in [-0.4, -0.2) is 75.5 Å². The minimum absolute atomic E-state index is 0.161. The van der Waals surface area contributed by atoms with Crippen molar-refractivity contribution in [1.29, 1.82) is 0 Å². The second-order valence-electron chi connectivity index (χ2n) is 5.35. The molecule has 0 aliphatic heterocycles. The number of hydrogen-bond acceptors (Lipinski definition) is 9. The number of aliphatic hydroxyl groups excluding tert-OH is 5. The second-order valence-corrected chi connectivity index (χ2v) is 5.35. The monoisotopic (exact) mass is 342 g/mol. The van der Waals surface area contributed by atoms with Gasteiger partial charge in [-0.05, 0) is 6.92 Å². The summed E-state index contributed by atoms with van der Waals surface area (Å²) in [6, 6.07) is 1.12. The van der Waals surface area contributed by atoms with Gasteiger partial charge in [0.1, 0.15) is 24.4 Å².